The Labute approximate surface area is 117 Å². The van der Waals surface area contributed by atoms with E-state index in [4.69, 9.17) is 4.42 Å². The SMILES string of the molecule is CCNCC(Cc1ccco1)c1cccc(Br)c1. The Hall–Kier alpha value is -1.06. The largest absolute Gasteiger partial charge is 0.469 e. The van der Waals surface area contributed by atoms with E-state index >= 15 is 0 Å². The summed E-state index contributed by atoms with van der Waals surface area (Å²) in [6.07, 6.45) is 2.66. The molecule has 1 atom stereocenters. The minimum Gasteiger partial charge on any atom is -0.469 e. The van der Waals surface area contributed by atoms with Crippen LogP contribution in [0, 0.1) is 0 Å². The zero-order valence-corrected chi connectivity index (χ0v) is 12.1. The molecule has 0 bridgehead atoms. The molecule has 96 valence electrons. The molecular weight excluding hydrogens is 290 g/mol. The lowest BCUT2D eigenvalue weighted by atomic mass is 9.94. The second-order valence-corrected chi connectivity index (χ2v) is 5.26. The van der Waals surface area contributed by atoms with Gasteiger partial charge in [-0.05, 0) is 36.4 Å². The standard InChI is InChI=1S/C15H18BrNO/c1-2-17-11-13(10-15-7-4-8-18-15)12-5-3-6-14(16)9-12/h3-9,13,17H,2,10-11H2,1H3. The Morgan fingerprint density at radius 3 is 2.83 bits per heavy atom. The summed E-state index contributed by atoms with van der Waals surface area (Å²) in [5.41, 5.74) is 1.33. The number of hydrogen-bond donors (Lipinski definition) is 1. The molecule has 0 amide bonds. The van der Waals surface area contributed by atoms with Crippen LogP contribution < -0.4 is 5.32 Å². The van der Waals surface area contributed by atoms with Crippen LogP contribution in [-0.4, -0.2) is 13.1 Å². The summed E-state index contributed by atoms with van der Waals surface area (Å²) in [7, 11) is 0. The van der Waals surface area contributed by atoms with Crippen LogP contribution in [0.3, 0.4) is 0 Å². The van der Waals surface area contributed by atoms with E-state index < -0.39 is 0 Å². The van der Waals surface area contributed by atoms with Crippen LogP contribution in [0.5, 0.6) is 0 Å². The third-order valence-corrected chi connectivity index (χ3v) is 3.48. The van der Waals surface area contributed by atoms with E-state index in [1.807, 2.05) is 12.1 Å². The van der Waals surface area contributed by atoms with E-state index in [-0.39, 0.29) is 0 Å². The molecule has 0 aliphatic carbocycles. The van der Waals surface area contributed by atoms with Gasteiger partial charge in [-0.25, -0.2) is 0 Å². The average molecular weight is 308 g/mol. The average Bonchev–Trinajstić information content (AvgIpc) is 2.87. The number of benzene rings is 1. The lowest BCUT2D eigenvalue weighted by Crippen LogP contribution is -2.22. The summed E-state index contributed by atoms with van der Waals surface area (Å²) in [5, 5.41) is 3.42. The van der Waals surface area contributed by atoms with E-state index in [0.29, 0.717) is 5.92 Å². The maximum atomic E-state index is 5.46. The van der Waals surface area contributed by atoms with Gasteiger partial charge in [-0.2, -0.15) is 0 Å². The molecule has 0 saturated carbocycles. The molecule has 1 heterocycles. The van der Waals surface area contributed by atoms with Crippen molar-refractivity contribution in [1.82, 2.24) is 5.32 Å². The van der Waals surface area contributed by atoms with Gasteiger partial charge in [0.1, 0.15) is 5.76 Å². The summed E-state index contributed by atoms with van der Waals surface area (Å²) in [5.74, 6) is 1.48. The monoisotopic (exact) mass is 307 g/mol. The first-order chi connectivity index (χ1) is 8.79. The second kappa shape index (κ2) is 6.76. The highest BCUT2D eigenvalue weighted by Crippen LogP contribution is 2.23. The third-order valence-electron chi connectivity index (χ3n) is 2.99. The van der Waals surface area contributed by atoms with Crippen LogP contribution in [0.15, 0.2) is 51.6 Å². The Morgan fingerprint density at radius 1 is 1.28 bits per heavy atom. The van der Waals surface area contributed by atoms with Gasteiger partial charge in [0.05, 0.1) is 6.26 Å². The van der Waals surface area contributed by atoms with Crippen molar-refractivity contribution in [3.05, 3.63) is 58.5 Å². The molecule has 0 aliphatic heterocycles. The number of likely N-dealkylation sites (N-methyl/N-ethyl adjacent to an activating group) is 1. The van der Waals surface area contributed by atoms with Crippen molar-refractivity contribution in [2.75, 3.05) is 13.1 Å². The van der Waals surface area contributed by atoms with E-state index in [1.165, 1.54) is 5.56 Å². The Kier molecular flexibility index (Phi) is 5.02. The molecule has 0 aliphatic rings. The predicted molar refractivity (Wildman–Crippen MR) is 77.8 cm³/mol. The molecule has 1 aromatic carbocycles. The maximum absolute atomic E-state index is 5.46. The van der Waals surface area contributed by atoms with E-state index in [0.717, 1.165) is 29.7 Å². The van der Waals surface area contributed by atoms with Gasteiger partial charge < -0.3 is 9.73 Å². The molecule has 0 spiro atoms. The van der Waals surface area contributed by atoms with Gasteiger partial charge in [-0.3, -0.25) is 0 Å². The number of halogens is 1. The fourth-order valence-corrected chi connectivity index (χ4v) is 2.48. The Bertz CT molecular complexity index is 467. The first-order valence-electron chi connectivity index (χ1n) is 6.28. The fourth-order valence-electron chi connectivity index (χ4n) is 2.06. The lowest BCUT2D eigenvalue weighted by Gasteiger charge is -2.17. The second-order valence-electron chi connectivity index (χ2n) is 4.34. The van der Waals surface area contributed by atoms with Crippen LogP contribution in [0.4, 0.5) is 0 Å². The van der Waals surface area contributed by atoms with Gasteiger partial charge in [0.2, 0.25) is 0 Å². The zero-order valence-electron chi connectivity index (χ0n) is 10.5. The number of furan rings is 1. The Balaban J connectivity index is 2.13. The molecule has 18 heavy (non-hydrogen) atoms. The van der Waals surface area contributed by atoms with Crippen molar-refractivity contribution >= 4 is 15.9 Å². The van der Waals surface area contributed by atoms with Gasteiger partial charge in [0.15, 0.2) is 0 Å². The van der Waals surface area contributed by atoms with Gasteiger partial charge >= 0.3 is 0 Å². The van der Waals surface area contributed by atoms with Crippen molar-refractivity contribution in [3.8, 4) is 0 Å². The summed E-state index contributed by atoms with van der Waals surface area (Å²) < 4.78 is 6.58. The topological polar surface area (TPSA) is 25.2 Å². The van der Waals surface area contributed by atoms with Crippen LogP contribution in [0.1, 0.15) is 24.2 Å². The van der Waals surface area contributed by atoms with E-state index in [9.17, 15) is 0 Å². The normalized spacial score (nSPS) is 12.6. The van der Waals surface area contributed by atoms with Crippen molar-refractivity contribution in [2.24, 2.45) is 0 Å². The summed E-state index contributed by atoms with van der Waals surface area (Å²) >= 11 is 3.53. The molecule has 2 rings (SSSR count). The van der Waals surface area contributed by atoms with Gasteiger partial charge in [-0.1, -0.05) is 35.0 Å². The summed E-state index contributed by atoms with van der Waals surface area (Å²) in [6.45, 7) is 4.08. The third kappa shape index (κ3) is 3.72. The quantitative estimate of drug-likeness (QED) is 0.873. The molecular formula is C15H18BrNO. The highest BCUT2D eigenvalue weighted by molar-refractivity contribution is 9.10. The number of nitrogens with one attached hydrogen (secondary N) is 1. The van der Waals surface area contributed by atoms with Gasteiger partial charge in [0.25, 0.3) is 0 Å². The van der Waals surface area contributed by atoms with Gasteiger partial charge in [-0.15, -0.1) is 0 Å². The predicted octanol–water partition coefficient (Wildman–Crippen LogP) is 3.98. The molecule has 1 N–H and O–H groups in total. The van der Waals surface area contributed by atoms with E-state index in [2.05, 4.69) is 52.4 Å². The highest BCUT2D eigenvalue weighted by atomic mass is 79.9. The maximum Gasteiger partial charge on any atom is 0.104 e. The molecule has 1 unspecified atom stereocenters. The highest BCUT2D eigenvalue weighted by Gasteiger charge is 2.13. The molecule has 0 fully saturated rings. The molecule has 0 saturated heterocycles. The first-order valence-corrected chi connectivity index (χ1v) is 7.07. The van der Waals surface area contributed by atoms with Crippen LogP contribution >= 0.6 is 15.9 Å². The van der Waals surface area contributed by atoms with Crippen LogP contribution in [0.25, 0.3) is 0 Å². The lowest BCUT2D eigenvalue weighted by molar-refractivity contribution is 0.475. The van der Waals surface area contributed by atoms with Crippen molar-refractivity contribution < 1.29 is 4.42 Å². The summed E-state index contributed by atoms with van der Waals surface area (Å²) in [6, 6.07) is 12.5. The van der Waals surface area contributed by atoms with Crippen molar-refractivity contribution in [1.29, 1.82) is 0 Å². The molecule has 0 radical (unpaired) electrons. The van der Waals surface area contributed by atoms with Crippen molar-refractivity contribution in [2.45, 2.75) is 19.3 Å². The van der Waals surface area contributed by atoms with Crippen LogP contribution in [0.2, 0.25) is 0 Å². The molecule has 1 aromatic heterocycles. The minimum atomic E-state index is 0.439. The summed E-state index contributed by atoms with van der Waals surface area (Å²) in [4.78, 5) is 0. The minimum absolute atomic E-state index is 0.439. The smallest absolute Gasteiger partial charge is 0.104 e. The van der Waals surface area contributed by atoms with E-state index in [1.54, 1.807) is 6.26 Å². The first kappa shape index (κ1) is 13.4. The molecule has 2 aromatic rings. The number of hydrogen-bond acceptors (Lipinski definition) is 2. The number of rotatable bonds is 6. The fraction of sp³-hybridized carbons (Fsp3) is 0.333. The van der Waals surface area contributed by atoms with Gasteiger partial charge in [0, 0.05) is 23.4 Å². The van der Waals surface area contributed by atoms with Crippen LogP contribution in [-0.2, 0) is 6.42 Å². The molecule has 3 heteroatoms. The Morgan fingerprint density at radius 2 is 2.17 bits per heavy atom. The van der Waals surface area contributed by atoms with Crippen molar-refractivity contribution in [3.63, 3.8) is 0 Å². The zero-order chi connectivity index (χ0) is 12.8. The molecule has 2 nitrogen and oxygen atoms in total.